The van der Waals surface area contributed by atoms with Crippen molar-refractivity contribution in [2.24, 2.45) is 0 Å². The molecule has 23 heavy (non-hydrogen) atoms. The number of nitrogens with one attached hydrogen (secondary N) is 2. The van der Waals surface area contributed by atoms with Gasteiger partial charge in [-0.25, -0.2) is 4.79 Å². The smallest absolute Gasteiger partial charge is 0.319 e. The Morgan fingerprint density at radius 3 is 2.65 bits per heavy atom. The molecule has 0 saturated heterocycles. The third-order valence-corrected chi connectivity index (χ3v) is 3.32. The Morgan fingerprint density at radius 1 is 1.13 bits per heavy atom. The third-order valence-electron chi connectivity index (χ3n) is 3.32. The van der Waals surface area contributed by atoms with Gasteiger partial charge in [-0.3, -0.25) is 0 Å². The first-order chi connectivity index (χ1) is 11.1. The Bertz CT molecular complexity index is 671. The molecule has 2 aromatic carbocycles. The molecular formula is C18H22N2O3. The van der Waals surface area contributed by atoms with Gasteiger partial charge in [0.1, 0.15) is 11.5 Å². The molecule has 0 aliphatic rings. The standard InChI is InChI=1S/C18H22N2O3/c1-4-23-17-11-13(2)9-10-15(17)20-18(21)19-12-14-7-5-6-8-16(14)22-3/h5-11H,4,12H2,1-3H3,(H2,19,20,21). The van der Waals surface area contributed by atoms with E-state index in [9.17, 15) is 4.79 Å². The number of carbonyl (C=O) groups is 1. The van der Waals surface area contributed by atoms with Crippen LogP contribution < -0.4 is 20.1 Å². The average molecular weight is 314 g/mol. The number of para-hydroxylation sites is 1. The highest BCUT2D eigenvalue weighted by Gasteiger charge is 2.09. The fourth-order valence-electron chi connectivity index (χ4n) is 2.20. The van der Waals surface area contributed by atoms with Crippen LogP contribution in [0.2, 0.25) is 0 Å². The SMILES string of the molecule is CCOc1cc(C)ccc1NC(=O)NCc1ccccc1OC. The summed E-state index contributed by atoms with van der Waals surface area (Å²) in [6.45, 7) is 4.81. The normalized spacial score (nSPS) is 10.0. The lowest BCUT2D eigenvalue weighted by atomic mass is 10.2. The van der Waals surface area contributed by atoms with Gasteiger partial charge in [0.2, 0.25) is 0 Å². The molecule has 2 aromatic rings. The summed E-state index contributed by atoms with van der Waals surface area (Å²) in [6.07, 6.45) is 0. The van der Waals surface area contributed by atoms with Gasteiger partial charge in [0.15, 0.2) is 0 Å². The van der Waals surface area contributed by atoms with Gasteiger partial charge in [0.25, 0.3) is 0 Å². The number of hydrogen-bond donors (Lipinski definition) is 2. The lowest BCUT2D eigenvalue weighted by Gasteiger charge is -2.14. The summed E-state index contributed by atoms with van der Waals surface area (Å²) in [5.74, 6) is 1.41. The molecule has 0 radical (unpaired) electrons. The molecule has 0 aliphatic carbocycles. The zero-order valence-electron chi connectivity index (χ0n) is 13.7. The second kappa shape index (κ2) is 8.08. The van der Waals surface area contributed by atoms with Crippen LogP contribution in [0.1, 0.15) is 18.1 Å². The number of benzene rings is 2. The van der Waals surface area contributed by atoms with Crippen molar-refractivity contribution in [2.75, 3.05) is 19.0 Å². The van der Waals surface area contributed by atoms with E-state index in [-0.39, 0.29) is 6.03 Å². The maximum atomic E-state index is 12.1. The van der Waals surface area contributed by atoms with E-state index in [0.717, 1.165) is 16.9 Å². The molecular weight excluding hydrogens is 292 g/mol. The van der Waals surface area contributed by atoms with E-state index in [4.69, 9.17) is 9.47 Å². The molecule has 0 bridgehead atoms. The van der Waals surface area contributed by atoms with Crippen LogP contribution in [0.4, 0.5) is 10.5 Å². The van der Waals surface area contributed by atoms with Crippen LogP contribution in [-0.4, -0.2) is 19.7 Å². The molecule has 2 N–H and O–H groups in total. The molecule has 122 valence electrons. The van der Waals surface area contributed by atoms with Crippen LogP contribution in [0.15, 0.2) is 42.5 Å². The second-order valence-electron chi connectivity index (χ2n) is 5.05. The van der Waals surface area contributed by atoms with Gasteiger partial charge in [-0.2, -0.15) is 0 Å². The van der Waals surface area contributed by atoms with Gasteiger partial charge >= 0.3 is 6.03 Å². The quantitative estimate of drug-likeness (QED) is 0.854. The first-order valence-electron chi connectivity index (χ1n) is 7.54. The molecule has 0 spiro atoms. The monoisotopic (exact) mass is 314 g/mol. The van der Waals surface area contributed by atoms with E-state index >= 15 is 0 Å². The van der Waals surface area contributed by atoms with Crippen molar-refractivity contribution in [3.63, 3.8) is 0 Å². The summed E-state index contributed by atoms with van der Waals surface area (Å²) < 4.78 is 10.8. The zero-order chi connectivity index (χ0) is 16.7. The van der Waals surface area contributed by atoms with Crippen LogP contribution in [0.3, 0.4) is 0 Å². The van der Waals surface area contributed by atoms with Gasteiger partial charge in [-0.15, -0.1) is 0 Å². The highest BCUT2D eigenvalue weighted by molar-refractivity contribution is 5.91. The van der Waals surface area contributed by atoms with Crippen LogP contribution in [-0.2, 0) is 6.54 Å². The van der Waals surface area contributed by atoms with Crippen LogP contribution in [0.5, 0.6) is 11.5 Å². The molecule has 0 atom stereocenters. The number of amides is 2. The molecule has 2 rings (SSSR count). The predicted octanol–water partition coefficient (Wildman–Crippen LogP) is 3.72. The number of methoxy groups -OCH3 is 1. The Morgan fingerprint density at radius 2 is 1.91 bits per heavy atom. The zero-order valence-corrected chi connectivity index (χ0v) is 13.7. The lowest BCUT2D eigenvalue weighted by Crippen LogP contribution is -2.28. The third kappa shape index (κ3) is 4.64. The van der Waals surface area contributed by atoms with Crippen molar-refractivity contribution >= 4 is 11.7 Å². The van der Waals surface area contributed by atoms with E-state index in [1.54, 1.807) is 7.11 Å². The van der Waals surface area contributed by atoms with Crippen LogP contribution in [0, 0.1) is 6.92 Å². The van der Waals surface area contributed by atoms with Crippen molar-refractivity contribution in [3.05, 3.63) is 53.6 Å². The lowest BCUT2D eigenvalue weighted by molar-refractivity contribution is 0.251. The van der Waals surface area contributed by atoms with Gasteiger partial charge in [-0.05, 0) is 37.6 Å². The van der Waals surface area contributed by atoms with Crippen molar-refractivity contribution in [3.8, 4) is 11.5 Å². The highest BCUT2D eigenvalue weighted by Crippen LogP contribution is 2.25. The molecule has 0 aromatic heterocycles. The molecule has 0 unspecified atom stereocenters. The fourth-order valence-corrected chi connectivity index (χ4v) is 2.20. The molecule has 0 fully saturated rings. The van der Waals surface area contributed by atoms with Crippen molar-refractivity contribution in [2.45, 2.75) is 20.4 Å². The number of rotatable bonds is 6. The Balaban J connectivity index is 2.00. The molecule has 5 heteroatoms. The second-order valence-corrected chi connectivity index (χ2v) is 5.05. The molecule has 0 heterocycles. The van der Waals surface area contributed by atoms with E-state index in [1.165, 1.54) is 0 Å². The summed E-state index contributed by atoms with van der Waals surface area (Å²) in [6, 6.07) is 13.0. The van der Waals surface area contributed by atoms with E-state index in [1.807, 2.05) is 56.3 Å². The Hall–Kier alpha value is -2.69. The van der Waals surface area contributed by atoms with Crippen molar-refractivity contribution in [1.29, 1.82) is 0 Å². The number of carbonyl (C=O) groups excluding carboxylic acids is 1. The van der Waals surface area contributed by atoms with Crippen LogP contribution >= 0.6 is 0 Å². The maximum Gasteiger partial charge on any atom is 0.319 e. The molecule has 0 saturated carbocycles. The molecule has 2 amide bonds. The van der Waals surface area contributed by atoms with Crippen molar-refractivity contribution in [1.82, 2.24) is 5.32 Å². The summed E-state index contributed by atoms with van der Waals surface area (Å²) in [5, 5.41) is 5.63. The largest absolute Gasteiger partial charge is 0.496 e. The summed E-state index contributed by atoms with van der Waals surface area (Å²) in [4.78, 5) is 12.1. The minimum atomic E-state index is -0.291. The number of hydrogen-bond acceptors (Lipinski definition) is 3. The molecule has 5 nitrogen and oxygen atoms in total. The van der Waals surface area contributed by atoms with Crippen molar-refractivity contribution < 1.29 is 14.3 Å². The number of anilines is 1. The van der Waals surface area contributed by atoms with Gasteiger partial charge in [-0.1, -0.05) is 24.3 Å². The minimum absolute atomic E-state index is 0.291. The first kappa shape index (κ1) is 16.7. The fraction of sp³-hybridized carbons (Fsp3) is 0.278. The summed E-state index contributed by atoms with van der Waals surface area (Å²) >= 11 is 0. The summed E-state index contributed by atoms with van der Waals surface area (Å²) in [5.41, 5.74) is 2.64. The van der Waals surface area contributed by atoms with Gasteiger partial charge in [0.05, 0.1) is 19.4 Å². The highest BCUT2D eigenvalue weighted by atomic mass is 16.5. The van der Waals surface area contributed by atoms with E-state index in [2.05, 4.69) is 10.6 Å². The Kier molecular flexibility index (Phi) is 5.86. The maximum absolute atomic E-state index is 12.1. The number of aryl methyl sites for hydroxylation is 1. The van der Waals surface area contributed by atoms with Gasteiger partial charge < -0.3 is 20.1 Å². The number of urea groups is 1. The number of ether oxygens (including phenoxy) is 2. The average Bonchev–Trinajstić information content (AvgIpc) is 2.56. The van der Waals surface area contributed by atoms with Crippen LogP contribution in [0.25, 0.3) is 0 Å². The Labute approximate surface area is 136 Å². The topological polar surface area (TPSA) is 59.6 Å². The first-order valence-corrected chi connectivity index (χ1v) is 7.54. The van der Waals surface area contributed by atoms with E-state index in [0.29, 0.717) is 24.6 Å². The predicted molar refractivity (Wildman–Crippen MR) is 91.2 cm³/mol. The minimum Gasteiger partial charge on any atom is -0.496 e. The van der Waals surface area contributed by atoms with Gasteiger partial charge in [0, 0.05) is 12.1 Å². The van der Waals surface area contributed by atoms with E-state index < -0.39 is 0 Å². The molecule has 0 aliphatic heterocycles. The summed E-state index contributed by atoms with van der Waals surface area (Å²) in [7, 11) is 1.61.